The molecule has 54 valence electrons. The summed E-state index contributed by atoms with van der Waals surface area (Å²) in [5, 5.41) is 0. The number of carbonyl (C=O) groups is 1. The second kappa shape index (κ2) is 3.36. The van der Waals surface area contributed by atoms with Gasteiger partial charge in [-0.25, -0.2) is 4.98 Å². The van der Waals surface area contributed by atoms with Crippen LogP contribution in [-0.2, 0) is 16.1 Å². The number of rotatable bonds is 3. The summed E-state index contributed by atoms with van der Waals surface area (Å²) in [7, 11) is 0. The minimum absolute atomic E-state index is 0.0785. The van der Waals surface area contributed by atoms with Crippen LogP contribution in [0.4, 0.5) is 0 Å². The van der Waals surface area contributed by atoms with Gasteiger partial charge in [-0.15, -0.1) is 0 Å². The fraction of sp³-hybridized carbons (Fsp3) is 0.200. The van der Waals surface area contributed by atoms with Crippen molar-refractivity contribution in [3.8, 4) is 0 Å². The van der Waals surface area contributed by atoms with E-state index < -0.39 is 0 Å². The molecule has 1 rings (SSSR count). The highest BCUT2D eigenvalue weighted by molar-refractivity contribution is 9.10. The summed E-state index contributed by atoms with van der Waals surface area (Å²) in [5.74, 6) is 0.374. The number of nitrogens with zero attached hydrogens (tertiary/aromatic N) is 1. The molecule has 0 N–H and O–H groups in total. The van der Waals surface area contributed by atoms with Crippen LogP contribution in [0, 0.1) is 0 Å². The zero-order valence-corrected chi connectivity index (χ0v) is 6.50. The van der Waals surface area contributed by atoms with Crippen molar-refractivity contribution >= 4 is 22.4 Å². The van der Waals surface area contributed by atoms with Gasteiger partial charge in [-0.05, 0) is 15.9 Å². The van der Waals surface area contributed by atoms with E-state index in [1.54, 1.807) is 0 Å². The van der Waals surface area contributed by atoms with Gasteiger partial charge in [0, 0.05) is 0 Å². The van der Waals surface area contributed by atoms with Crippen molar-refractivity contribution in [2.24, 2.45) is 0 Å². The SMILES string of the molecule is O=COCc1nc(Br)co1. The molecule has 0 aliphatic rings. The molecule has 0 amide bonds. The van der Waals surface area contributed by atoms with Gasteiger partial charge in [0.1, 0.15) is 10.9 Å². The number of carbonyl (C=O) groups excluding carboxylic acids is 1. The Morgan fingerprint density at radius 2 is 2.70 bits per heavy atom. The van der Waals surface area contributed by atoms with Crippen LogP contribution in [-0.4, -0.2) is 11.5 Å². The summed E-state index contributed by atoms with van der Waals surface area (Å²) in [4.78, 5) is 13.5. The number of oxazole rings is 1. The van der Waals surface area contributed by atoms with Gasteiger partial charge in [-0.3, -0.25) is 4.79 Å². The molecule has 0 atom stereocenters. The first-order valence-corrected chi connectivity index (χ1v) is 3.27. The average Bonchev–Trinajstić information content (AvgIpc) is 2.31. The van der Waals surface area contributed by atoms with Crippen molar-refractivity contribution in [1.29, 1.82) is 0 Å². The molecular formula is C5H4BrNO3. The average molecular weight is 206 g/mol. The second-order valence-electron chi connectivity index (χ2n) is 1.47. The highest BCUT2D eigenvalue weighted by atomic mass is 79.9. The van der Waals surface area contributed by atoms with Crippen molar-refractivity contribution < 1.29 is 13.9 Å². The Balaban J connectivity index is 2.49. The number of hydrogen-bond donors (Lipinski definition) is 0. The summed E-state index contributed by atoms with van der Waals surface area (Å²) in [6.07, 6.45) is 1.42. The molecule has 0 bridgehead atoms. The zero-order valence-electron chi connectivity index (χ0n) is 4.91. The van der Waals surface area contributed by atoms with Gasteiger partial charge in [0.25, 0.3) is 6.47 Å². The first-order chi connectivity index (χ1) is 4.83. The van der Waals surface area contributed by atoms with E-state index >= 15 is 0 Å². The van der Waals surface area contributed by atoms with E-state index in [0.717, 1.165) is 0 Å². The topological polar surface area (TPSA) is 52.3 Å². The molecule has 0 spiro atoms. The molecule has 5 heteroatoms. The van der Waals surface area contributed by atoms with Gasteiger partial charge in [0.05, 0.1) is 0 Å². The molecule has 4 nitrogen and oxygen atoms in total. The van der Waals surface area contributed by atoms with E-state index in [1.807, 2.05) is 0 Å². The molecule has 0 unspecified atom stereocenters. The van der Waals surface area contributed by atoms with Gasteiger partial charge in [-0.2, -0.15) is 0 Å². The quantitative estimate of drug-likeness (QED) is 0.695. The first kappa shape index (κ1) is 7.27. The van der Waals surface area contributed by atoms with Crippen molar-refractivity contribution in [2.45, 2.75) is 6.61 Å². The third-order valence-electron chi connectivity index (χ3n) is 0.799. The van der Waals surface area contributed by atoms with Crippen LogP contribution >= 0.6 is 15.9 Å². The minimum atomic E-state index is 0.0785. The largest absolute Gasteiger partial charge is 0.458 e. The predicted molar refractivity (Wildman–Crippen MR) is 35.1 cm³/mol. The lowest BCUT2D eigenvalue weighted by Crippen LogP contribution is -1.88. The van der Waals surface area contributed by atoms with Gasteiger partial charge >= 0.3 is 0 Å². The van der Waals surface area contributed by atoms with Crippen LogP contribution in [0.3, 0.4) is 0 Å². The maximum atomic E-state index is 9.68. The van der Waals surface area contributed by atoms with Crippen LogP contribution in [0.25, 0.3) is 0 Å². The monoisotopic (exact) mass is 205 g/mol. The van der Waals surface area contributed by atoms with Crippen LogP contribution in [0.2, 0.25) is 0 Å². The van der Waals surface area contributed by atoms with Crippen LogP contribution in [0.15, 0.2) is 15.3 Å². The Morgan fingerprint density at radius 3 is 3.20 bits per heavy atom. The molecular weight excluding hydrogens is 202 g/mol. The summed E-state index contributed by atoms with van der Waals surface area (Å²) in [5.41, 5.74) is 0. The molecule has 0 aliphatic heterocycles. The fourth-order valence-electron chi connectivity index (χ4n) is 0.460. The molecule has 0 aliphatic carbocycles. The van der Waals surface area contributed by atoms with E-state index in [-0.39, 0.29) is 6.61 Å². The molecule has 0 fully saturated rings. The Kier molecular flexibility index (Phi) is 2.44. The van der Waals surface area contributed by atoms with E-state index in [0.29, 0.717) is 17.0 Å². The molecule has 1 aromatic heterocycles. The summed E-state index contributed by atoms with van der Waals surface area (Å²) in [6, 6.07) is 0. The number of halogens is 1. The van der Waals surface area contributed by atoms with Crippen LogP contribution in [0.1, 0.15) is 5.89 Å². The Hall–Kier alpha value is -0.840. The molecule has 0 aromatic carbocycles. The van der Waals surface area contributed by atoms with E-state index in [4.69, 9.17) is 4.42 Å². The normalized spacial score (nSPS) is 9.30. The smallest absolute Gasteiger partial charge is 0.293 e. The lowest BCUT2D eigenvalue weighted by atomic mass is 10.7. The molecule has 10 heavy (non-hydrogen) atoms. The Morgan fingerprint density at radius 1 is 1.90 bits per heavy atom. The van der Waals surface area contributed by atoms with Gasteiger partial charge in [0.2, 0.25) is 5.89 Å². The summed E-state index contributed by atoms with van der Waals surface area (Å²) >= 11 is 3.08. The van der Waals surface area contributed by atoms with Crippen molar-refractivity contribution in [3.05, 3.63) is 16.8 Å². The number of aromatic nitrogens is 1. The maximum absolute atomic E-state index is 9.68. The molecule has 0 saturated carbocycles. The van der Waals surface area contributed by atoms with Crippen molar-refractivity contribution in [1.82, 2.24) is 4.98 Å². The fourth-order valence-corrected chi connectivity index (χ4v) is 0.751. The maximum Gasteiger partial charge on any atom is 0.293 e. The lowest BCUT2D eigenvalue weighted by molar-refractivity contribution is -0.130. The molecule has 1 aromatic rings. The van der Waals surface area contributed by atoms with Gasteiger partial charge < -0.3 is 9.15 Å². The van der Waals surface area contributed by atoms with E-state index in [9.17, 15) is 4.79 Å². The van der Waals surface area contributed by atoms with Gasteiger partial charge in [0.15, 0.2) is 6.61 Å². The lowest BCUT2D eigenvalue weighted by Gasteiger charge is -1.88. The van der Waals surface area contributed by atoms with E-state index in [2.05, 4.69) is 25.7 Å². The van der Waals surface area contributed by atoms with Gasteiger partial charge in [-0.1, -0.05) is 0 Å². The Labute approximate surface area is 65.3 Å². The highest BCUT2D eigenvalue weighted by Gasteiger charge is 1.99. The predicted octanol–water partition coefficient (Wildman–Crippen LogP) is 1.11. The number of hydrogen-bond acceptors (Lipinski definition) is 4. The third-order valence-corrected chi connectivity index (χ3v) is 1.16. The zero-order chi connectivity index (χ0) is 7.40. The number of ether oxygens (including phenoxy) is 1. The summed E-state index contributed by atoms with van der Waals surface area (Å²) in [6.45, 7) is 0.424. The molecule has 0 saturated heterocycles. The minimum Gasteiger partial charge on any atom is -0.458 e. The third kappa shape index (κ3) is 1.84. The van der Waals surface area contributed by atoms with Crippen LogP contribution < -0.4 is 0 Å². The van der Waals surface area contributed by atoms with Crippen molar-refractivity contribution in [3.63, 3.8) is 0 Å². The highest BCUT2D eigenvalue weighted by Crippen LogP contribution is 2.08. The van der Waals surface area contributed by atoms with Crippen LogP contribution in [0.5, 0.6) is 0 Å². The standard InChI is InChI=1S/C5H4BrNO3/c6-4-1-10-5(7-4)2-9-3-8/h1,3H,2H2. The Bertz CT molecular complexity index is 222. The van der Waals surface area contributed by atoms with Crippen molar-refractivity contribution in [2.75, 3.05) is 0 Å². The van der Waals surface area contributed by atoms with E-state index in [1.165, 1.54) is 6.26 Å². The molecule has 0 radical (unpaired) electrons. The second-order valence-corrected chi connectivity index (χ2v) is 2.28. The first-order valence-electron chi connectivity index (χ1n) is 2.48. The molecule has 1 heterocycles. The summed E-state index contributed by atoms with van der Waals surface area (Å²) < 4.78 is 9.79.